The van der Waals surface area contributed by atoms with Crippen LogP contribution in [0.4, 0.5) is 15.3 Å². The van der Waals surface area contributed by atoms with Gasteiger partial charge in [-0.05, 0) is 12.1 Å². The summed E-state index contributed by atoms with van der Waals surface area (Å²) in [6.07, 6.45) is 0. The lowest BCUT2D eigenvalue weighted by atomic mass is 10.2. The lowest BCUT2D eigenvalue weighted by Gasteiger charge is -2.39. The molecule has 0 radical (unpaired) electrons. The first kappa shape index (κ1) is 17.6. The minimum Gasteiger partial charge on any atom is -0.497 e. The number of nitrogens with zero attached hydrogens (tertiary/aromatic N) is 4. The van der Waals surface area contributed by atoms with Crippen molar-refractivity contribution in [2.24, 2.45) is 0 Å². The zero-order chi connectivity index (χ0) is 19.0. The number of imide groups is 1. The van der Waals surface area contributed by atoms with Crippen LogP contribution in [0, 0.1) is 0 Å². The maximum atomic E-state index is 12.9. The summed E-state index contributed by atoms with van der Waals surface area (Å²) >= 11 is 0. The third-order valence-corrected chi connectivity index (χ3v) is 5.19. The molecule has 27 heavy (non-hydrogen) atoms. The zero-order valence-corrected chi connectivity index (χ0v) is 15.2. The number of ether oxygens (including phenoxy) is 2. The lowest BCUT2D eigenvalue weighted by Crippen LogP contribution is -2.58. The summed E-state index contributed by atoms with van der Waals surface area (Å²) in [5.41, 5.74) is 0.477. The molecule has 3 heterocycles. The highest BCUT2D eigenvalue weighted by molar-refractivity contribution is 6.21. The summed E-state index contributed by atoms with van der Waals surface area (Å²) in [5.74, 6) is 0.259. The Labute approximate surface area is 157 Å². The zero-order valence-electron chi connectivity index (χ0n) is 15.2. The van der Waals surface area contributed by atoms with Gasteiger partial charge in [-0.2, -0.15) is 0 Å². The number of carbonyl (C=O) groups is 3. The number of benzene rings is 1. The number of amides is 5. The molecule has 0 N–H and O–H groups in total. The fourth-order valence-corrected chi connectivity index (χ4v) is 3.71. The quantitative estimate of drug-likeness (QED) is 0.708. The second-order valence-electron chi connectivity index (χ2n) is 6.69. The molecule has 0 saturated carbocycles. The first-order chi connectivity index (χ1) is 13.1. The Balaban J connectivity index is 1.51. The van der Waals surface area contributed by atoms with Crippen molar-refractivity contribution in [1.29, 1.82) is 0 Å². The van der Waals surface area contributed by atoms with Crippen LogP contribution in [0.25, 0.3) is 0 Å². The van der Waals surface area contributed by atoms with Crippen LogP contribution in [-0.2, 0) is 9.53 Å². The Kier molecular flexibility index (Phi) is 4.61. The van der Waals surface area contributed by atoms with E-state index in [1.54, 1.807) is 39.0 Å². The van der Waals surface area contributed by atoms with E-state index in [0.29, 0.717) is 50.8 Å². The highest BCUT2D eigenvalue weighted by Gasteiger charge is 2.49. The normalized spacial score (nSPS) is 22.9. The molecule has 0 bridgehead atoms. The van der Waals surface area contributed by atoms with Crippen LogP contribution in [0.5, 0.6) is 5.75 Å². The van der Waals surface area contributed by atoms with E-state index in [1.807, 2.05) is 0 Å². The van der Waals surface area contributed by atoms with Crippen molar-refractivity contribution in [2.75, 3.05) is 57.9 Å². The van der Waals surface area contributed by atoms with Gasteiger partial charge in [0.05, 0.1) is 32.6 Å². The SMILES string of the molecule is COc1cccc(N2C(=O)[C@H]3CN(C(=O)N4CCOCC4)CCN3C2=O)c1. The van der Waals surface area contributed by atoms with Gasteiger partial charge in [0.1, 0.15) is 11.8 Å². The molecule has 0 aliphatic carbocycles. The van der Waals surface area contributed by atoms with Gasteiger partial charge in [-0.25, -0.2) is 14.5 Å². The summed E-state index contributed by atoms with van der Waals surface area (Å²) in [7, 11) is 1.53. The topological polar surface area (TPSA) is 82.6 Å². The Morgan fingerprint density at radius 1 is 1.11 bits per heavy atom. The molecule has 3 saturated heterocycles. The number of morpholine rings is 1. The largest absolute Gasteiger partial charge is 0.497 e. The number of fused-ring (bicyclic) bond motifs is 1. The predicted molar refractivity (Wildman–Crippen MR) is 95.7 cm³/mol. The molecule has 0 unspecified atom stereocenters. The molecular formula is C18H22N4O5. The molecule has 1 aromatic rings. The highest BCUT2D eigenvalue weighted by atomic mass is 16.5. The number of urea groups is 2. The van der Waals surface area contributed by atoms with Crippen LogP contribution in [0.3, 0.4) is 0 Å². The van der Waals surface area contributed by atoms with Crippen LogP contribution in [0.15, 0.2) is 24.3 Å². The smallest absolute Gasteiger partial charge is 0.332 e. The van der Waals surface area contributed by atoms with Gasteiger partial charge in [-0.1, -0.05) is 6.07 Å². The van der Waals surface area contributed by atoms with Gasteiger partial charge in [-0.15, -0.1) is 0 Å². The van der Waals surface area contributed by atoms with Crippen LogP contribution < -0.4 is 9.64 Å². The number of piperazine rings is 1. The monoisotopic (exact) mass is 374 g/mol. The standard InChI is InChI=1S/C18H22N4O5/c1-26-14-4-2-3-13(11-14)22-16(23)15-12-20(5-6-21(15)18(22)25)17(24)19-7-9-27-10-8-19/h2-4,11,15H,5-10,12H2,1H3/t15-/m1/s1. The Morgan fingerprint density at radius 2 is 1.89 bits per heavy atom. The number of rotatable bonds is 2. The first-order valence-electron chi connectivity index (χ1n) is 9.00. The first-order valence-corrected chi connectivity index (χ1v) is 9.00. The Hall–Kier alpha value is -2.81. The van der Waals surface area contributed by atoms with Crippen molar-refractivity contribution in [3.63, 3.8) is 0 Å². The van der Waals surface area contributed by atoms with Crippen molar-refractivity contribution in [2.45, 2.75) is 6.04 Å². The van der Waals surface area contributed by atoms with Gasteiger partial charge in [0.15, 0.2) is 0 Å². The Bertz CT molecular complexity index is 764. The average Bonchev–Trinajstić information content (AvgIpc) is 2.98. The molecule has 1 aromatic carbocycles. The molecule has 3 fully saturated rings. The van der Waals surface area contributed by atoms with E-state index in [1.165, 1.54) is 12.0 Å². The number of hydrogen-bond acceptors (Lipinski definition) is 5. The van der Waals surface area contributed by atoms with Crippen molar-refractivity contribution < 1.29 is 23.9 Å². The number of carbonyl (C=O) groups excluding carboxylic acids is 3. The summed E-state index contributed by atoms with van der Waals surface area (Å²) in [6, 6.07) is 5.75. The second kappa shape index (κ2) is 7.07. The van der Waals surface area contributed by atoms with Crippen LogP contribution in [-0.4, -0.2) is 91.8 Å². The molecular weight excluding hydrogens is 352 g/mol. The van der Waals surface area contributed by atoms with Gasteiger partial charge in [0.2, 0.25) is 0 Å². The van der Waals surface area contributed by atoms with E-state index in [-0.39, 0.29) is 24.5 Å². The molecule has 3 aliphatic heterocycles. The van der Waals surface area contributed by atoms with Gasteiger partial charge >= 0.3 is 12.1 Å². The third-order valence-electron chi connectivity index (χ3n) is 5.19. The lowest BCUT2D eigenvalue weighted by molar-refractivity contribution is -0.120. The van der Waals surface area contributed by atoms with Gasteiger partial charge in [0, 0.05) is 32.2 Å². The van der Waals surface area contributed by atoms with Crippen molar-refractivity contribution in [1.82, 2.24) is 14.7 Å². The van der Waals surface area contributed by atoms with Crippen molar-refractivity contribution in [3.05, 3.63) is 24.3 Å². The summed E-state index contributed by atoms with van der Waals surface area (Å²) < 4.78 is 10.5. The van der Waals surface area contributed by atoms with Crippen LogP contribution >= 0.6 is 0 Å². The van der Waals surface area contributed by atoms with E-state index in [4.69, 9.17) is 9.47 Å². The van der Waals surface area contributed by atoms with Crippen molar-refractivity contribution in [3.8, 4) is 5.75 Å². The number of hydrogen-bond donors (Lipinski definition) is 0. The second-order valence-corrected chi connectivity index (χ2v) is 6.69. The van der Waals surface area contributed by atoms with E-state index in [9.17, 15) is 14.4 Å². The maximum Gasteiger partial charge on any atom is 0.332 e. The fraction of sp³-hybridized carbons (Fsp3) is 0.500. The number of methoxy groups -OCH3 is 1. The van der Waals surface area contributed by atoms with Crippen LogP contribution in [0.1, 0.15) is 0 Å². The van der Waals surface area contributed by atoms with Gasteiger partial charge in [-0.3, -0.25) is 4.79 Å². The van der Waals surface area contributed by atoms with Gasteiger partial charge in [0.25, 0.3) is 5.91 Å². The average molecular weight is 374 g/mol. The molecule has 1 atom stereocenters. The molecule has 4 rings (SSSR count). The number of anilines is 1. The molecule has 0 aromatic heterocycles. The predicted octanol–water partition coefficient (Wildman–Crippen LogP) is 0.600. The summed E-state index contributed by atoms with van der Waals surface area (Å²) in [4.78, 5) is 44.6. The Morgan fingerprint density at radius 3 is 2.63 bits per heavy atom. The molecule has 0 spiro atoms. The molecule has 144 valence electrons. The summed E-state index contributed by atoms with van der Waals surface area (Å²) in [5, 5.41) is 0. The minimum absolute atomic E-state index is 0.0990. The summed E-state index contributed by atoms with van der Waals surface area (Å²) in [6.45, 7) is 3.11. The highest BCUT2D eigenvalue weighted by Crippen LogP contribution is 2.30. The third kappa shape index (κ3) is 3.08. The minimum atomic E-state index is -0.651. The maximum absolute atomic E-state index is 12.9. The van der Waals surface area contributed by atoms with E-state index in [0.717, 1.165) is 0 Å². The van der Waals surface area contributed by atoms with Crippen molar-refractivity contribution >= 4 is 23.7 Å². The van der Waals surface area contributed by atoms with Gasteiger partial charge < -0.3 is 24.2 Å². The van der Waals surface area contributed by atoms with Crippen LogP contribution in [0.2, 0.25) is 0 Å². The van der Waals surface area contributed by atoms with E-state index >= 15 is 0 Å². The molecule has 5 amide bonds. The molecule has 9 heteroatoms. The molecule has 9 nitrogen and oxygen atoms in total. The van der Waals surface area contributed by atoms with E-state index in [2.05, 4.69) is 0 Å². The molecule has 3 aliphatic rings. The fourth-order valence-electron chi connectivity index (χ4n) is 3.71. The van der Waals surface area contributed by atoms with E-state index < -0.39 is 6.04 Å².